The largest absolute Gasteiger partial charge is 0.497 e. The van der Waals surface area contributed by atoms with Gasteiger partial charge in [0.1, 0.15) is 11.5 Å². The van der Waals surface area contributed by atoms with Crippen molar-refractivity contribution < 1.29 is 17.9 Å². The second-order valence-corrected chi connectivity index (χ2v) is 7.67. The first-order valence-corrected chi connectivity index (χ1v) is 9.66. The van der Waals surface area contributed by atoms with Crippen LogP contribution in [-0.2, 0) is 10.0 Å². The molecule has 5 nitrogen and oxygen atoms in total. The van der Waals surface area contributed by atoms with Crippen molar-refractivity contribution in [2.24, 2.45) is 0 Å². The van der Waals surface area contributed by atoms with Crippen LogP contribution < -0.4 is 14.2 Å². The molecular weight excluding hydrogens is 350 g/mol. The average molecular weight is 371 g/mol. The lowest BCUT2D eigenvalue weighted by atomic mass is 10.1. The summed E-state index contributed by atoms with van der Waals surface area (Å²) in [6, 6.07) is 17.5. The minimum atomic E-state index is -3.68. The fourth-order valence-corrected chi connectivity index (χ4v) is 4.14. The van der Waals surface area contributed by atoms with Gasteiger partial charge in [-0.25, -0.2) is 13.1 Å². The molecule has 1 N–H and O–H groups in total. The van der Waals surface area contributed by atoms with E-state index in [1.54, 1.807) is 39.3 Å². The monoisotopic (exact) mass is 371 g/mol. The zero-order chi connectivity index (χ0) is 18.7. The molecule has 0 unspecified atom stereocenters. The molecule has 0 spiro atoms. The zero-order valence-corrected chi connectivity index (χ0v) is 15.7. The number of hydrogen-bond acceptors (Lipinski definition) is 4. The van der Waals surface area contributed by atoms with Gasteiger partial charge in [0.15, 0.2) is 0 Å². The van der Waals surface area contributed by atoms with Crippen molar-refractivity contribution in [2.45, 2.75) is 17.9 Å². The van der Waals surface area contributed by atoms with E-state index in [2.05, 4.69) is 4.72 Å². The van der Waals surface area contributed by atoms with Gasteiger partial charge in [0.2, 0.25) is 10.0 Å². The molecule has 26 heavy (non-hydrogen) atoms. The lowest BCUT2D eigenvalue weighted by Gasteiger charge is -2.17. The molecule has 3 aromatic rings. The highest BCUT2D eigenvalue weighted by atomic mass is 32.2. The van der Waals surface area contributed by atoms with E-state index < -0.39 is 16.1 Å². The van der Waals surface area contributed by atoms with E-state index in [1.807, 2.05) is 42.5 Å². The highest BCUT2D eigenvalue weighted by Gasteiger charge is 2.20. The Bertz CT molecular complexity index is 1030. The number of nitrogens with one attached hydrogen (secondary N) is 1. The van der Waals surface area contributed by atoms with Crippen LogP contribution in [0.15, 0.2) is 65.6 Å². The molecule has 0 heterocycles. The number of hydrogen-bond donors (Lipinski definition) is 1. The number of sulfonamides is 1. The van der Waals surface area contributed by atoms with Crippen molar-refractivity contribution >= 4 is 20.8 Å². The number of para-hydroxylation sites is 1. The van der Waals surface area contributed by atoms with Crippen LogP contribution in [0.3, 0.4) is 0 Å². The van der Waals surface area contributed by atoms with Gasteiger partial charge in [-0.3, -0.25) is 0 Å². The lowest BCUT2D eigenvalue weighted by molar-refractivity contribution is 0.405. The summed E-state index contributed by atoms with van der Waals surface area (Å²) in [5.41, 5.74) is 0.782. The Balaban J connectivity index is 1.91. The smallest absolute Gasteiger partial charge is 0.241 e. The Labute approximate surface area is 153 Å². The van der Waals surface area contributed by atoms with Crippen molar-refractivity contribution in [3.05, 3.63) is 66.2 Å². The molecule has 0 bridgehead atoms. The average Bonchev–Trinajstić information content (AvgIpc) is 2.66. The Morgan fingerprint density at radius 2 is 1.58 bits per heavy atom. The van der Waals surface area contributed by atoms with E-state index in [0.29, 0.717) is 5.75 Å². The third-order valence-corrected chi connectivity index (χ3v) is 5.80. The summed E-state index contributed by atoms with van der Waals surface area (Å²) >= 11 is 0. The molecular formula is C20H21NO4S. The predicted octanol–water partition coefficient (Wildman–Crippen LogP) is 3.90. The zero-order valence-electron chi connectivity index (χ0n) is 14.9. The van der Waals surface area contributed by atoms with Crippen LogP contribution in [-0.4, -0.2) is 22.6 Å². The molecule has 0 saturated carbocycles. The lowest BCUT2D eigenvalue weighted by Crippen LogP contribution is -2.27. The molecule has 136 valence electrons. The third-order valence-electron chi connectivity index (χ3n) is 4.27. The quantitative estimate of drug-likeness (QED) is 0.714. The fraction of sp³-hybridized carbons (Fsp3) is 0.200. The molecule has 1 atom stereocenters. The molecule has 0 aromatic heterocycles. The summed E-state index contributed by atoms with van der Waals surface area (Å²) in [5.74, 6) is 1.38. The van der Waals surface area contributed by atoms with E-state index >= 15 is 0 Å². The maximum absolute atomic E-state index is 12.8. The van der Waals surface area contributed by atoms with Gasteiger partial charge >= 0.3 is 0 Å². The fourth-order valence-electron chi connectivity index (χ4n) is 2.88. The van der Waals surface area contributed by atoms with Gasteiger partial charge in [0, 0.05) is 11.6 Å². The van der Waals surface area contributed by atoms with Crippen molar-refractivity contribution in [2.75, 3.05) is 14.2 Å². The molecule has 0 radical (unpaired) electrons. The Morgan fingerprint density at radius 1 is 0.885 bits per heavy atom. The van der Waals surface area contributed by atoms with Crippen LogP contribution in [0.4, 0.5) is 0 Å². The van der Waals surface area contributed by atoms with Gasteiger partial charge in [-0.05, 0) is 48.0 Å². The predicted molar refractivity (Wildman–Crippen MR) is 102 cm³/mol. The first-order valence-electron chi connectivity index (χ1n) is 8.17. The van der Waals surface area contributed by atoms with E-state index in [4.69, 9.17) is 9.47 Å². The Kier molecular flexibility index (Phi) is 5.15. The summed E-state index contributed by atoms with van der Waals surface area (Å²) in [7, 11) is -0.509. The summed E-state index contributed by atoms with van der Waals surface area (Å²) in [4.78, 5) is 0.219. The van der Waals surface area contributed by atoms with Gasteiger partial charge in [0.05, 0.1) is 19.1 Å². The maximum atomic E-state index is 12.8. The molecule has 0 fully saturated rings. The van der Waals surface area contributed by atoms with Crippen LogP contribution in [0.25, 0.3) is 10.8 Å². The summed E-state index contributed by atoms with van der Waals surface area (Å²) in [6.45, 7) is 1.79. The van der Waals surface area contributed by atoms with Gasteiger partial charge in [-0.15, -0.1) is 0 Å². The first kappa shape index (κ1) is 18.2. The van der Waals surface area contributed by atoms with Crippen molar-refractivity contribution in [3.8, 4) is 11.5 Å². The third kappa shape index (κ3) is 3.66. The van der Waals surface area contributed by atoms with Crippen LogP contribution in [0.2, 0.25) is 0 Å². The van der Waals surface area contributed by atoms with Crippen molar-refractivity contribution in [1.29, 1.82) is 0 Å². The van der Waals surface area contributed by atoms with E-state index in [1.165, 1.54) is 0 Å². The molecule has 0 amide bonds. The molecule has 0 aliphatic heterocycles. The van der Waals surface area contributed by atoms with Crippen LogP contribution >= 0.6 is 0 Å². The topological polar surface area (TPSA) is 64.6 Å². The Morgan fingerprint density at radius 3 is 2.31 bits per heavy atom. The highest BCUT2D eigenvalue weighted by Crippen LogP contribution is 2.27. The van der Waals surface area contributed by atoms with Gasteiger partial charge < -0.3 is 9.47 Å². The molecule has 6 heteroatoms. The molecule has 0 saturated heterocycles. The van der Waals surface area contributed by atoms with E-state index in [-0.39, 0.29) is 4.90 Å². The molecule has 3 rings (SSSR count). The molecule has 3 aromatic carbocycles. The number of fused-ring (bicyclic) bond motifs is 1. The van der Waals surface area contributed by atoms with Crippen LogP contribution in [0, 0.1) is 0 Å². The second-order valence-electron chi connectivity index (χ2n) is 5.96. The summed E-state index contributed by atoms with van der Waals surface area (Å²) in [5, 5.41) is 1.75. The number of benzene rings is 3. The minimum absolute atomic E-state index is 0.219. The number of rotatable bonds is 6. The SMILES string of the molecule is COc1ccc2cc(S(=O)(=O)N[C@@H](C)c3ccccc3OC)ccc2c1. The van der Waals surface area contributed by atoms with Crippen molar-refractivity contribution in [3.63, 3.8) is 0 Å². The number of ether oxygens (including phenoxy) is 2. The standard InChI is InChI=1S/C20H21NO4S/c1-14(19-6-4-5-7-20(19)25-3)21-26(22,23)18-11-9-15-12-17(24-2)10-8-16(15)13-18/h4-14,21H,1-3H3/t14-/m0/s1. The molecule has 0 aliphatic carbocycles. The van der Waals surface area contributed by atoms with E-state index in [9.17, 15) is 8.42 Å². The second kappa shape index (κ2) is 7.35. The van der Waals surface area contributed by atoms with Gasteiger partial charge in [-0.1, -0.05) is 30.3 Å². The maximum Gasteiger partial charge on any atom is 0.241 e. The summed E-state index contributed by atoms with van der Waals surface area (Å²) in [6.07, 6.45) is 0. The van der Waals surface area contributed by atoms with Crippen molar-refractivity contribution in [1.82, 2.24) is 4.72 Å². The highest BCUT2D eigenvalue weighted by molar-refractivity contribution is 7.89. The molecule has 0 aliphatic rings. The Hall–Kier alpha value is -2.57. The normalized spacial score (nSPS) is 12.7. The van der Waals surface area contributed by atoms with Gasteiger partial charge in [0.25, 0.3) is 0 Å². The number of methoxy groups -OCH3 is 2. The van der Waals surface area contributed by atoms with Crippen LogP contribution in [0.1, 0.15) is 18.5 Å². The first-order chi connectivity index (χ1) is 12.4. The minimum Gasteiger partial charge on any atom is -0.497 e. The van der Waals surface area contributed by atoms with Gasteiger partial charge in [-0.2, -0.15) is 0 Å². The summed E-state index contributed by atoms with van der Waals surface area (Å²) < 4.78 is 38.9. The van der Waals surface area contributed by atoms with Crippen LogP contribution in [0.5, 0.6) is 11.5 Å². The van der Waals surface area contributed by atoms with E-state index in [0.717, 1.165) is 22.1 Å².